The average molecular weight is 331 g/mol. The van der Waals surface area contributed by atoms with E-state index in [0.29, 0.717) is 6.04 Å². The minimum Gasteiger partial charge on any atom is -0.380 e. The smallest absolute Gasteiger partial charge is 0.191 e. The summed E-state index contributed by atoms with van der Waals surface area (Å²) >= 11 is 0. The first-order valence-corrected chi connectivity index (χ1v) is 8.97. The Balaban J connectivity index is 1.50. The lowest BCUT2D eigenvalue weighted by molar-refractivity contribution is -0.0945. The number of pyridine rings is 1. The van der Waals surface area contributed by atoms with E-state index in [4.69, 9.17) is 9.73 Å². The number of ether oxygens (including phenoxy) is 1. The van der Waals surface area contributed by atoms with Crippen LogP contribution in [0.5, 0.6) is 0 Å². The van der Waals surface area contributed by atoms with Crippen LogP contribution in [0, 0.1) is 5.41 Å². The van der Waals surface area contributed by atoms with E-state index in [1.165, 1.54) is 0 Å². The number of rotatable bonds is 5. The third-order valence-electron chi connectivity index (χ3n) is 4.67. The molecule has 132 valence electrons. The third-order valence-corrected chi connectivity index (χ3v) is 4.67. The molecule has 2 aliphatic rings. The number of anilines is 1. The molecule has 0 bridgehead atoms. The van der Waals surface area contributed by atoms with E-state index in [9.17, 15) is 0 Å². The Morgan fingerprint density at radius 1 is 1.38 bits per heavy atom. The maximum atomic E-state index is 5.31. The minimum atomic E-state index is 0.213. The van der Waals surface area contributed by atoms with Crippen molar-refractivity contribution >= 4 is 11.8 Å². The summed E-state index contributed by atoms with van der Waals surface area (Å²) in [7, 11) is 0. The molecule has 6 heteroatoms. The van der Waals surface area contributed by atoms with Crippen molar-refractivity contribution in [3.8, 4) is 0 Å². The third kappa shape index (κ3) is 4.38. The van der Waals surface area contributed by atoms with Crippen LogP contribution < -0.4 is 15.5 Å². The SMILES string of the molecule is CCNC(=NCC1(C)COC1)NC1CCN(c2ccccn2)CC1. The number of aliphatic imine (C=N–C) groups is 1. The largest absolute Gasteiger partial charge is 0.380 e. The van der Waals surface area contributed by atoms with Crippen molar-refractivity contribution in [2.24, 2.45) is 10.4 Å². The van der Waals surface area contributed by atoms with E-state index in [1.807, 2.05) is 18.3 Å². The molecule has 3 heterocycles. The van der Waals surface area contributed by atoms with Gasteiger partial charge < -0.3 is 20.3 Å². The number of nitrogens with one attached hydrogen (secondary N) is 2. The van der Waals surface area contributed by atoms with Crippen molar-refractivity contribution in [3.63, 3.8) is 0 Å². The number of hydrogen-bond acceptors (Lipinski definition) is 4. The molecule has 6 nitrogen and oxygen atoms in total. The predicted octanol–water partition coefficient (Wildman–Crippen LogP) is 1.64. The first-order chi connectivity index (χ1) is 11.7. The van der Waals surface area contributed by atoms with Crippen LogP contribution in [0.25, 0.3) is 0 Å². The zero-order chi connectivity index (χ0) is 16.8. The van der Waals surface area contributed by atoms with Gasteiger partial charge in [0.2, 0.25) is 0 Å². The van der Waals surface area contributed by atoms with E-state index in [2.05, 4.69) is 40.4 Å². The number of piperidine rings is 1. The lowest BCUT2D eigenvalue weighted by atomic mass is 9.89. The van der Waals surface area contributed by atoms with Crippen molar-refractivity contribution in [3.05, 3.63) is 24.4 Å². The van der Waals surface area contributed by atoms with Gasteiger partial charge in [0.05, 0.1) is 19.8 Å². The van der Waals surface area contributed by atoms with Crippen LogP contribution in [0.4, 0.5) is 5.82 Å². The molecule has 2 aliphatic heterocycles. The van der Waals surface area contributed by atoms with Crippen LogP contribution in [-0.2, 0) is 4.74 Å². The fourth-order valence-electron chi connectivity index (χ4n) is 3.12. The fraction of sp³-hybridized carbons (Fsp3) is 0.667. The van der Waals surface area contributed by atoms with E-state index < -0.39 is 0 Å². The van der Waals surface area contributed by atoms with Crippen molar-refractivity contribution in [1.29, 1.82) is 0 Å². The van der Waals surface area contributed by atoms with Gasteiger partial charge in [-0.1, -0.05) is 13.0 Å². The monoisotopic (exact) mass is 331 g/mol. The first-order valence-electron chi connectivity index (χ1n) is 8.97. The number of hydrogen-bond donors (Lipinski definition) is 2. The molecule has 0 amide bonds. The standard InChI is InChI=1S/C18H29N5O/c1-3-19-17(21-12-18(2)13-24-14-18)22-15-7-10-23(11-8-15)16-6-4-5-9-20-16/h4-6,9,15H,3,7-8,10-14H2,1-2H3,(H2,19,21,22). The molecular weight excluding hydrogens is 302 g/mol. The quantitative estimate of drug-likeness (QED) is 0.634. The highest BCUT2D eigenvalue weighted by Crippen LogP contribution is 2.26. The highest BCUT2D eigenvalue weighted by molar-refractivity contribution is 5.80. The van der Waals surface area contributed by atoms with E-state index in [-0.39, 0.29) is 5.41 Å². The van der Waals surface area contributed by atoms with Gasteiger partial charge in [0.15, 0.2) is 5.96 Å². The molecule has 0 spiro atoms. The maximum Gasteiger partial charge on any atom is 0.191 e. The van der Waals surface area contributed by atoms with Gasteiger partial charge in [-0.2, -0.15) is 0 Å². The topological polar surface area (TPSA) is 61.8 Å². The Bertz CT molecular complexity index is 536. The summed E-state index contributed by atoms with van der Waals surface area (Å²) in [5, 5.41) is 6.97. The normalized spacial score (nSPS) is 21.2. The van der Waals surface area contributed by atoms with Gasteiger partial charge in [0.1, 0.15) is 5.82 Å². The summed E-state index contributed by atoms with van der Waals surface area (Å²) in [5.41, 5.74) is 0.213. The Kier molecular flexibility index (Phi) is 5.56. The van der Waals surface area contributed by atoms with E-state index in [1.54, 1.807) is 0 Å². The van der Waals surface area contributed by atoms with Crippen LogP contribution in [0.3, 0.4) is 0 Å². The molecule has 0 unspecified atom stereocenters. The van der Waals surface area contributed by atoms with Crippen LogP contribution in [0.1, 0.15) is 26.7 Å². The second-order valence-corrected chi connectivity index (χ2v) is 7.09. The highest BCUT2D eigenvalue weighted by atomic mass is 16.5. The average Bonchev–Trinajstić information content (AvgIpc) is 2.60. The molecule has 0 radical (unpaired) electrons. The van der Waals surface area contributed by atoms with Crippen molar-refractivity contribution in [2.45, 2.75) is 32.7 Å². The van der Waals surface area contributed by atoms with Gasteiger partial charge >= 0.3 is 0 Å². The summed E-state index contributed by atoms with van der Waals surface area (Å²) in [6, 6.07) is 6.56. The summed E-state index contributed by atoms with van der Waals surface area (Å²) in [6.45, 7) is 9.72. The van der Waals surface area contributed by atoms with Gasteiger partial charge in [0, 0.05) is 37.3 Å². The summed E-state index contributed by atoms with van der Waals surface area (Å²) in [6.07, 6.45) is 4.06. The molecule has 0 aromatic carbocycles. The lowest BCUT2D eigenvalue weighted by Gasteiger charge is -2.37. The molecule has 2 saturated heterocycles. The number of guanidine groups is 1. The first kappa shape index (κ1) is 17.0. The maximum absolute atomic E-state index is 5.31. The van der Waals surface area contributed by atoms with E-state index in [0.717, 1.165) is 64.0 Å². The molecule has 3 rings (SSSR count). The van der Waals surface area contributed by atoms with Gasteiger partial charge in [0.25, 0.3) is 0 Å². The second-order valence-electron chi connectivity index (χ2n) is 7.09. The van der Waals surface area contributed by atoms with Gasteiger partial charge in [-0.25, -0.2) is 4.98 Å². The molecule has 0 aliphatic carbocycles. The fourth-order valence-corrected chi connectivity index (χ4v) is 3.12. The molecular formula is C18H29N5O. The Morgan fingerprint density at radius 2 is 2.17 bits per heavy atom. The molecule has 0 atom stereocenters. The van der Waals surface area contributed by atoms with Crippen molar-refractivity contribution in [1.82, 2.24) is 15.6 Å². The Morgan fingerprint density at radius 3 is 2.75 bits per heavy atom. The molecule has 2 N–H and O–H groups in total. The molecule has 2 fully saturated rings. The summed E-state index contributed by atoms with van der Waals surface area (Å²) < 4.78 is 5.31. The Hall–Kier alpha value is -1.82. The number of nitrogens with zero attached hydrogens (tertiary/aromatic N) is 3. The number of aromatic nitrogens is 1. The van der Waals surface area contributed by atoms with Crippen LogP contribution in [0.2, 0.25) is 0 Å². The molecule has 0 saturated carbocycles. The molecule has 24 heavy (non-hydrogen) atoms. The van der Waals surface area contributed by atoms with Crippen LogP contribution in [0.15, 0.2) is 29.4 Å². The van der Waals surface area contributed by atoms with Gasteiger partial charge in [-0.05, 0) is 31.9 Å². The molecule has 1 aromatic heterocycles. The highest BCUT2D eigenvalue weighted by Gasteiger charge is 2.33. The molecule has 1 aromatic rings. The van der Waals surface area contributed by atoms with Crippen molar-refractivity contribution in [2.75, 3.05) is 44.3 Å². The summed E-state index contributed by atoms with van der Waals surface area (Å²) in [4.78, 5) is 11.6. The zero-order valence-corrected chi connectivity index (χ0v) is 14.8. The second kappa shape index (κ2) is 7.83. The van der Waals surface area contributed by atoms with Gasteiger partial charge in [-0.15, -0.1) is 0 Å². The minimum absolute atomic E-state index is 0.213. The Labute approximate surface area is 144 Å². The zero-order valence-electron chi connectivity index (χ0n) is 14.8. The van der Waals surface area contributed by atoms with Crippen LogP contribution in [-0.4, -0.2) is 56.4 Å². The van der Waals surface area contributed by atoms with Gasteiger partial charge in [-0.3, -0.25) is 4.99 Å². The summed E-state index contributed by atoms with van der Waals surface area (Å²) in [5.74, 6) is 2.01. The van der Waals surface area contributed by atoms with Crippen LogP contribution >= 0.6 is 0 Å². The predicted molar refractivity (Wildman–Crippen MR) is 97.5 cm³/mol. The van der Waals surface area contributed by atoms with E-state index >= 15 is 0 Å². The van der Waals surface area contributed by atoms with Crippen molar-refractivity contribution < 1.29 is 4.74 Å². The lowest BCUT2D eigenvalue weighted by Crippen LogP contribution is -2.50.